The van der Waals surface area contributed by atoms with Gasteiger partial charge in [0.05, 0.1) is 7.11 Å². The Balaban J connectivity index is 3.96. The molecule has 0 N–H and O–H groups in total. The first-order valence-corrected chi connectivity index (χ1v) is 8.46. The molecule has 0 bridgehead atoms. The number of carbonyl (C=O) groups excluding carboxylic acids is 2. The van der Waals surface area contributed by atoms with Gasteiger partial charge in [0.2, 0.25) is 0 Å². The van der Waals surface area contributed by atoms with Crippen molar-refractivity contribution in [1.29, 1.82) is 0 Å². The highest BCUT2D eigenvalue weighted by Gasteiger charge is 2.11. The first-order valence-electron chi connectivity index (χ1n) is 4.10. The first-order chi connectivity index (χ1) is 6.91. The van der Waals surface area contributed by atoms with Gasteiger partial charge in [0, 0.05) is 12.2 Å². The lowest BCUT2D eigenvalue weighted by atomic mass is 10.5. The third kappa shape index (κ3) is 7.33. The summed E-state index contributed by atoms with van der Waals surface area (Å²) in [4.78, 5) is 21.8. The molecule has 0 atom stereocenters. The molecule has 88 valence electrons. The number of hydrogen-bond donors (Lipinski definition) is 0. The molecule has 0 spiro atoms. The third-order valence-corrected chi connectivity index (χ3v) is 6.08. The van der Waals surface area contributed by atoms with Crippen LogP contribution >= 0.6 is 19.9 Å². The summed E-state index contributed by atoms with van der Waals surface area (Å²) in [6.07, 6.45) is 8.20. The van der Waals surface area contributed by atoms with E-state index in [1.54, 1.807) is 10.8 Å². The van der Waals surface area contributed by atoms with Gasteiger partial charge in [-0.1, -0.05) is 0 Å². The van der Waals surface area contributed by atoms with E-state index in [0.29, 0.717) is 5.94 Å². The van der Waals surface area contributed by atoms with Gasteiger partial charge >= 0.3 is 11.9 Å². The molecule has 0 saturated heterocycles. The first kappa shape index (κ1) is 14.4. The molecule has 4 nitrogen and oxygen atoms in total. The second kappa shape index (κ2) is 6.79. The largest absolute Gasteiger partial charge is 0.466 e. The molecule has 0 fully saturated rings. The maximum Gasteiger partial charge on any atom is 0.331 e. The molecule has 0 aromatic rings. The second-order valence-corrected chi connectivity index (χ2v) is 10.2. The predicted molar refractivity (Wildman–Crippen MR) is 65.1 cm³/mol. The average Bonchev–Trinajstić information content (AvgIpc) is 2.23. The molecule has 0 radical (unpaired) electrons. The van der Waals surface area contributed by atoms with Gasteiger partial charge in [-0.05, 0) is 18.8 Å². The predicted octanol–water partition coefficient (Wildman–Crippen LogP) is 1.56. The quantitative estimate of drug-likeness (QED) is 0.422. The zero-order valence-electron chi connectivity index (χ0n) is 9.31. The van der Waals surface area contributed by atoms with E-state index in [4.69, 9.17) is 4.74 Å². The normalized spacial score (nSPS) is 12.5. The molecule has 0 aliphatic carbocycles. The molecule has 0 rings (SSSR count). The van der Waals surface area contributed by atoms with Crippen LogP contribution in [0, 0.1) is 0 Å². The fourth-order valence-corrected chi connectivity index (χ4v) is 1.43. The number of rotatable bonds is 5. The Bertz CT molecular complexity index is 261. The van der Waals surface area contributed by atoms with Gasteiger partial charge in [-0.15, -0.1) is 10.8 Å². The smallest absolute Gasteiger partial charge is 0.331 e. The zero-order chi connectivity index (χ0) is 11.9. The van der Waals surface area contributed by atoms with E-state index in [-0.39, 0.29) is 0 Å². The topological polar surface area (TPSA) is 52.6 Å². The van der Waals surface area contributed by atoms with Crippen molar-refractivity contribution in [2.24, 2.45) is 0 Å². The minimum absolute atomic E-state index is 0.387. The highest BCUT2D eigenvalue weighted by Crippen LogP contribution is 2.51. The molecule has 0 aromatic carbocycles. The Kier molecular flexibility index (Phi) is 6.51. The van der Waals surface area contributed by atoms with Crippen LogP contribution < -0.4 is 0 Å². The summed E-state index contributed by atoms with van der Waals surface area (Å²) in [5.74, 6) is -0.697. The minimum Gasteiger partial charge on any atom is -0.466 e. The Labute approximate surface area is 95.1 Å². The van der Waals surface area contributed by atoms with Gasteiger partial charge in [0.1, 0.15) is 5.94 Å². The summed E-state index contributed by atoms with van der Waals surface area (Å²) >= 11 is 0. The lowest BCUT2D eigenvalue weighted by Gasteiger charge is -2.26. The molecular formula is C9H16O4S2. The highest BCUT2D eigenvalue weighted by molar-refractivity contribution is 8.93. The maximum absolute atomic E-state index is 11.1. The van der Waals surface area contributed by atoms with Crippen molar-refractivity contribution in [2.45, 2.75) is 0 Å². The van der Waals surface area contributed by atoms with Gasteiger partial charge < -0.3 is 9.47 Å². The molecular weight excluding hydrogens is 236 g/mol. The summed E-state index contributed by atoms with van der Waals surface area (Å²) in [5, 5.41) is 0. The Hall–Kier alpha value is -0.620. The number of carbonyl (C=O) groups is 2. The molecule has 0 aromatic heterocycles. The fourth-order valence-electron chi connectivity index (χ4n) is 0.500. The third-order valence-electron chi connectivity index (χ3n) is 1.49. The summed E-state index contributed by atoms with van der Waals surface area (Å²) in [6.45, 7) is 0. The van der Waals surface area contributed by atoms with Crippen molar-refractivity contribution in [2.75, 3.05) is 31.8 Å². The number of esters is 2. The van der Waals surface area contributed by atoms with Crippen LogP contribution in [0.15, 0.2) is 12.2 Å². The van der Waals surface area contributed by atoms with Gasteiger partial charge in [-0.2, -0.15) is 9.06 Å². The number of methoxy groups -OCH3 is 1. The lowest BCUT2D eigenvalue weighted by Crippen LogP contribution is -2.07. The van der Waals surface area contributed by atoms with Gasteiger partial charge in [-0.3, -0.25) is 0 Å². The van der Waals surface area contributed by atoms with Crippen LogP contribution in [0.25, 0.3) is 0 Å². The van der Waals surface area contributed by atoms with Crippen LogP contribution in [0.1, 0.15) is 0 Å². The summed E-state index contributed by atoms with van der Waals surface area (Å²) in [5.41, 5.74) is 0. The molecule has 0 saturated carbocycles. The monoisotopic (exact) mass is 252 g/mol. The van der Waals surface area contributed by atoms with Gasteiger partial charge in [0.25, 0.3) is 0 Å². The van der Waals surface area contributed by atoms with Crippen LogP contribution in [0.3, 0.4) is 0 Å². The van der Waals surface area contributed by atoms with Crippen molar-refractivity contribution in [1.82, 2.24) is 0 Å². The lowest BCUT2D eigenvalue weighted by molar-refractivity contribution is -0.138. The summed E-state index contributed by atoms with van der Waals surface area (Å²) in [6, 6.07) is 0. The van der Waals surface area contributed by atoms with Crippen molar-refractivity contribution in [3.8, 4) is 0 Å². The average molecular weight is 252 g/mol. The van der Waals surface area contributed by atoms with Crippen molar-refractivity contribution in [3.05, 3.63) is 12.2 Å². The summed E-state index contributed by atoms with van der Waals surface area (Å²) < 4.78 is 9.31. The van der Waals surface area contributed by atoms with Crippen molar-refractivity contribution < 1.29 is 19.1 Å². The van der Waals surface area contributed by atoms with E-state index in [1.807, 2.05) is 6.26 Å². The van der Waals surface area contributed by atoms with Crippen LogP contribution in [-0.2, 0) is 19.1 Å². The van der Waals surface area contributed by atoms with Crippen molar-refractivity contribution >= 4 is 31.8 Å². The Morgan fingerprint density at radius 1 is 1.27 bits per heavy atom. The Morgan fingerprint density at radius 3 is 2.27 bits per heavy atom. The van der Waals surface area contributed by atoms with E-state index >= 15 is 0 Å². The van der Waals surface area contributed by atoms with E-state index < -0.39 is 21.0 Å². The minimum atomic E-state index is -0.935. The molecule has 0 unspecified atom stereocenters. The van der Waals surface area contributed by atoms with E-state index in [9.17, 15) is 9.59 Å². The maximum atomic E-state index is 11.1. The van der Waals surface area contributed by atoms with Crippen molar-refractivity contribution in [3.63, 3.8) is 0 Å². The van der Waals surface area contributed by atoms with Crippen LogP contribution in [0.4, 0.5) is 0 Å². The molecule has 0 amide bonds. The molecule has 0 aliphatic rings. The molecule has 0 aliphatic heterocycles. The van der Waals surface area contributed by atoms with Gasteiger partial charge in [-0.25, -0.2) is 9.59 Å². The molecule has 6 heteroatoms. The van der Waals surface area contributed by atoms with Crippen LogP contribution in [-0.4, -0.2) is 43.8 Å². The van der Waals surface area contributed by atoms with E-state index in [0.717, 1.165) is 12.2 Å². The number of ether oxygens (including phenoxy) is 2. The van der Waals surface area contributed by atoms with E-state index in [2.05, 4.69) is 17.2 Å². The van der Waals surface area contributed by atoms with Crippen LogP contribution in [0.2, 0.25) is 0 Å². The van der Waals surface area contributed by atoms with Crippen LogP contribution in [0.5, 0.6) is 0 Å². The zero-order valence-corrected chi connectivity index (χ0v) is 10.9. The SMILES string of the molecule is COC(=O)C=CC(=O)OCS(C)(C)SC. The standard InChI is InChI=1S/C9H16O4S2/c1-12-8(10)5-6-9(11)13-7-15(3,4)14-2/h5-6H,7H2,1-4H3. The molecule has 15 heavy (non-hydrogen) atoms. The Morgan fingerprint density at radius 2 is 1.80 bits per heavy atom. The fraction of sp³-hybridized carbons (Fsp3) is 0.556. The second-order valence-electron chi connectivity index (χ2n) is 3.04. The number of hydrogen-bond acceptors (Lipinski definition) is 5. The summed E-state index contributed by atoms with van der Waals surface area (Å²) in [7, 11) is 2.00. The highest BCUT2D eigenvalue weighted by atomic mass is 33.2. The van der Waals surface area contributed by atoms with Gasteiger partial charge in [0.15, 0.2) is 0 Å². The van der Waals surface area contributed by atoms with E-state index in [1.165, 1.54) is 7.11 Å². The molecule has 0 heterocycles.